The number of piperidine rings is 1. The second-order valence-corrected chi connectivity index (χ2v) is 40.8. The molecular formula is C119H190N2O. The van der Waals surface area contributed by atoms with Gasteiger partial charge in [0.15, 0.2) is 5.78 Å². The van der Waals surface area contributed by atoms with Gasteiger partial charge in [0.25, 0.3) is 0 Å². The van der Waals surface area contributed by atoms with Gasteiger partial charge in [-0.05, 0) is 306 Å². The summed E-state index contributed by atoms with van der Waals surface area (Å²) in [6.45, 7) is 25.7. The Morgan fingerprint density at radius 3 is 1.11 bits per heavy atom. The summed E-state index contributed by atoms with van der Waals surface area (Å²) >= 11 is 0. The molecule has 122 heavy (non-hydrogen) atoms. The molecule has 3 atom stereocenters. The lowest BCUT2D eigenvalue weighted by Crippen LogP contribution is -2.42. The van der Waals surface area contributed by atoms with Crippen molar-refractivity contribution in [1.82, 2.24) is 10.3 Å². The number of Topliss-reactive ketones (excluding diaryl/α,β-unsaturated/α-hetero) is 1. The first-order valence-corrected chi connectivity index (χ1v) is 54.4. The van der Waals surface area contributed by atoms with Gasteiger partial charge in [-0.1, -0.05) is 397 Å². The topological polar surface area (TPSA) is 42.0 Å². The number of pyridine rings is 1. The summed E-state index contributed by atoms with van der Waals surface area (Å²) in [7, 11) is 0. The first-order valence-electron chi connectivity index (χ1n) is 54.4. The Labute approximate surface area is 755 Å². The standard InChI is InChI=1S/C14H12.C11H20.C11H18.C10H10O.C10H16.C10H18.C10H12.C9H17N.C9H11N.C8H14.C7H12.5C2H6/c1-10-11-6-2-4-8-13(11)14-9-5-3-7-12(10)14;2*1-4-10-6-2-7-11(5-1)9-3-8-10;1-7-6-10(11)9-5-3-2-4-8(7)9;1-7-2-9-4-8(1)5-10(3-7)6-9;2*1-2-6-10-8-4-3-7-9(10)5-1;2*1-2-6-9-8(4-1)5-3-7-10-9;1-2-4-8-5-7(3-1)6-8;1-2-7-4-3-6(1)5-7;5*1-2/h2-10H,1H3;10-11H,1-9H2;1,4,10-11H,2-3,5-9H2;2-5,7H,6H2,1H3;7-10H,1-6H2;9-10H,1-8H2;1-2,5-6H,3-4,7-8H2;8-10H,1-7H2;3,5,7H,1-2,4,6H2;7-8H,1-6H2;6-7H,1-5H2;5*1-2H3. The number of nitrogens with one attached hydrogen (secondary N) is 1. The summed E-state index contributed by atoms with van der Waals surface area (Å²) in [5.74, 6) is 18.2. The van der Waals surface area contributed by atoms with Crippen molar-refractivity contribution >= 4 is 5.78 Å². The van der Waals surface area contributed by atoms with Crippen LogP contribution in [-0.2, 0) is 25.7 Å². The molecule has 0 radical (unpaired) electrons. The van der Waals surface area contributed by atoms with E-state index in [0.717, 1.165) is 53.0 Å². The zero-order chi connectivity index (χ0) is 86.3. The lowest BCUT2D eigenvalue weighted by Gasteiger charge is -2.49. The molecule has 0 amide bonds. The van der Waals surface area contributed by atoms with Crippen molar-refractivity contribution in [1.29, 1.82) is 0 Å². The number of hydrogen-bond acceptors (Lipinski definition) is 3. The molecule has 23 aliphatic rings. The zero-order valence-electron chi connectivity index (χ0n) is 81.7. The van der Waals surface area contributed by atoms with Crippen molar-refractivity contribution in [3.63, 3.8) is 0 Å². The fraction of sp³-hybridized carbons (Fsp3) is 0.731. The van der Waals surface area contributed by atoms with Gasteiger partial charge in [-0.2, -0.15) is 0 Å². The minimum Gasteiger partial charge on any atom is -0.314 e. The van der Waals surface area contributed by atoms with Gasteiger partial charge < -0.3 is 5.32 Å². The minimum absolute atomic E-state index is 0.299. The van der Waals surface area contributed by atoms with Gasteiger partial charge in [-0.3, -0.25) is 9.78 Å². The Kier molecular flexibility index (Phi) is 48.7. The maximum Gasteiger partial charge on any atom is 0.163 e. The van der Waals surface area contributed by atoms with Crippen LogP contribution in [0.2, 0.25) is 0 Å². The highest BCUT2D eigenvalue weighted by molar-refractivity contribution is 6.01. The first-order chi connectivity index (χ1) is 60.2. The van der Waals surface area contributed by atoms with E-state index in [4.69, 9.17) is 0 Å². The molecule has 1 aromatic heterocycles. The summed E-state index contributed by atoms with van der Waals surface area (Å²) in [6, 6.07) is 39.2. The SMILES string of the molecule is C1=CC2CCCC(C1)CCC2.C1C2CC3CC1CC(C2)C3.C1CC2CCC1C2.C1CC2CCCC(C1)CCC2.C1CCC2CC(C1)C2.C1CCC2CCCCC2C1.C1CCC2NCCCC2C1.CC.CC.CC.CC.CC.CC1CC(=O)c2ccccc21.CC1c2ccccc2-c2ccccc21.c1ccc2c(c1)CCCC2.c1cnc2c(c1)CCCC2. The number of aromatic nitrogens is 1. The van der Waals surface area contributed by atoms with E-state index >= 15 is 0 Å². The van der Waals surface area contributed by atoms with E-state index < -0.39 is 0 Å². The van der Waals surface area contributed by atoms with Crippen molar-refractivity contribution < 1.29 is 4.79 Å². The molecule has 3 nitrogen and oxygen atoms in total. The molecule has 1 saturated heterocycles. The Hall–Kier alpha value is -4.60. The van der Waals surface area contributed by atoms with Crippen LogP contribution in [0.3, 0.4) is 0 Å². The van der Waals surface area contributed by atoms with Crippen LogP contribution in [0.4, 0.5) is 0 Å². The average molecular weight is 1660 g/mol. The van der Waals surface area contributed by atoms with E-state index in [9.17, 15) is 4.79 Å². The van der Waals surface area contributed by atoms with Crippen LogP contribution in [-0.4, -0.2) is 23.4 Å². The van der Waals surface area contributed by atoms with Crippen molar-refractivity contribution in [3.8, 4) is 11.1 Å². The van der Waals surface area contributed by atoms with Gasteiger partial charge in [0.1, 0.15) is 0 Å². The summed E-state index contributed by atoms with van der Waals surface area (Å²) in [6.07, 6.45) is 90.1. The monoisotopic (exact) mass is 1660 g/mol. The molecule has 682 valence electrons. The lowest BCUT2D eigenvalue weighted by molar-refractivity contribution is 0.0198. The maximum atomic E-state index is 11.3. The summed E-state index contributed by atoms with van der Waals surface area (Å²) in [5.41, 5.74) is 13.9. The number of aryl methyl sites for hydroxylation is 4. The number of nitrogens with zero attached hydrogens (tertiary/aromatic N) is 1. The first kappa shape index (κ1) is 101. The van der Waals surface area contributed by atoms with E-state index in [1.807, 2.05) is 106 Å². The Bertz CT molecular complexity index is 3210. The zero-order valence-corrected chi connectivity index (χ0v) is 81.7. The summed E-state index contributed by atoms with van der Waals surface area (Å²) in [5, 5.41) is 3.62. The molecule has 5 aromatic rings. The summed E-state index contributed by atoms with van der Waals surface area (Å²) < 4.78 is 0. The van der Waals surface area contributed by atoms with Crippen LogP contribution in [0.25, 0.3) is 11.1 Å². The van der Waals surface area contributed by atoms with E-state index in [1.165, 1.54) is 286 Å². The average Bonchev–Trinajstić information content (AvgIpc) is 1.40. The fourth-order valence-electron chi connectivity index (χ4n) is 26.5. The molecule has 2 heterocycles. The predicted molar refractivity (Wildman–Crippen MR) is 534 cm³/mol. The van der Waals surface area contributed by atoms with Crippen LogP contribution in [0.5, 0.6) is 0 Å². The van der Waals surface area contributed by atoms with Gasteiger partial charge in [-0.25, -0.2) is 0 Å². The Morgan fingerprint density at radius 1 is 0.295 bits per heavy atom. The van der Waals surface area contributed by atoms with Gasteiger partial charge >= 0.3 is 0 Å². The molecular weight excluding hydrogens is 1470 g/mol. The normalized spacial score (nSPS) is 30.6. The smallest absolute Gasteiger partial charge is 0.163 e. The van der Waals surface area contributed by atoms with Crippen LogP contribution in [0.15, 0.2) is 128 Å². The van der Waals surface area contributed by atoms with Crippen molar-refractivity contribution in [2.45, 2.75) is 461 Å². The minimum atomic E-state index is 0.299. The molecule has 0 spiro atoms. The van der Waals surface area contributed by atoms with Gasteiger partial charge in [0, 0.05) is 35.8 Å². The van der Waals surface area contributed by atoms with Crippen LogP contribution >= 0.6 is 0 Å². The van der Waals surface area contributed by atoms with Crippen molar-refractivity contribution in [3.05, 3.63) is 172 Å². The molecule has 12 bridgehead atoms. The number of carbonyl (C=O) groups is 1. The molecule has 17 fully saturated rings. The molecule has 1 aliphatic heterocycles. The van der Waals surface area contributed by atoms with Crippen LogP contribution < -0.4 is 5.32 Å². The third-order valence-electron chi connectivity index (χ3n) is 32.7. The van der Waals surface area contributed by atoms with E-state index in [0.29, 0.717) is 24.0 Å². The molecule has 4 aromatic carbocycles. The number of allylic oxidation sites excluding steroid dienone is 2. The van der Waals surface area contributed by atoms with Crippen LogP contribution in [0, 0.1) is 88.8 Å². The predicted octanol–water partition coefficient (Wildman–Crippen LogP) is 36.1. The maximum absolute atomic E-state index is 11.3. The van der Waals surface area contributed by atoms with Gasteiger partial charge in [0.05, 0.1) is 0 Å². The molecule has 3 heteroatoms. The molecule has 16 saturated carbocycles. The summed E-state index contributed by atoms with van der Waals surface area (Å²) in [4.78, 5) is 15.6. The number of rotatable bonds is 0. The second kappa shape index (κ2) is 58.8. The largest absolute Gasteiger partial charge is 0.314 e. The fourth-order valence-corrected chi connectivity index (χ4v) is 26.5. The quantitative estimate of drug-likeness (QED) is 0.157. The number of ketones is 1. The second-order valence-electron chi connectivity index (χ2n) is 40.8. The number of hydrogen-bond donors (Lipinski definition) is 1. The molecule has 1 N–H and O–H groups in total. The van der Waals surface area contributed by atoms with E-state index in [1.54, 1.807) is 172 Å². The third kappa shape index (κ3) is 33.2. The number of carbonyl (C=O) groups excluding carboxylic acids is 1. The molecule has 28 rings (SSSR count). The highest BCUT2D eigenvalue weighted by atomic mass is 16.1. The Morgan fingerprint density at radius 2 is 0.656 bits per heavy atom. The molecule has 22 aliphatic carbocycles. The number of benzene rings is 4. The lowest BCUT2D eigenvalue weighted by atomic mass is 9.56. The van der Waals surface area contributed by atoms with Crippen LogP contribution in [0.1, 0.15) is 478 Å². The van der Waals surface area contributed by atoms with E-state index in [2.05, 4.69) is 115 Å². The highest BCUT2D eigenvalue weighted by Crippen LogP contribution is 2.54. The van der Waals surface area contributed by atoms with Gasteiger partial charge in [0.2, 0.25) is 0 Å². The third-order valence-corrected chi connectivity index (χ3v) is 32.7. The Balaban J connectivity index is 0.000000151. The van der Waals surface area contributed by atoms with E-state index in [-0.39, 0.29) is 0 Å². The van der Waals surface area contributed by atoms with Crippen molar-refractivity contribution in [2.24, 2.45) is 88.8 Å². The highest BCUT2D eigenvalue weighted by Gasteiger charge is 2.42. The van der Waals surface area contributed by atoms with Crippen molar-refractivity contribution in [2.75, 3.05) is 6.54 Å². The van der Waals surface area contributed by atoms with Gasteiger partial charge in [-0.15, -0.1) is 0 Å². The number of fused-ring (bicyclic) bond motifs is 24. The molecule has 3 unspecified atom stereocenters.